The molecular weight excluding hydrogens is 294 g/mol. The number of nitrogens with two attached hydrogens (primary N) is 1. The first-order valence-electron chi connectivity index (χ1n) is 5.74. The summed E-state index contributed by atoms with van der Waals surface area (Å²) in [4.78, 5) is 12.3. The average Bonchev–Trinajstić information content (AvgIpc) is 2.80. The van der Waals surface area contributed by atoms with Crippen LogP contribution in [0.25, 0.3) is 0 Å². The molecule has 1 aromatic carbocycles. The van der Waals surface area contributed by atoms with Gasteiger partial charge in [-0.05, 0) is 24.6 Å². The van der Waals surface area contributed by atoms with E-state index in [-0.39, 0.29) is 5.78 Å². The fourth-order valence-corrected chi connectivity index (χ4v) is 2.13. The number of halogens is 1. The molecule has 1 heterocycles. The Kier molecular flexibility index (Phi) is 3.81. The molecule has 0 aliphatic carbocycles. The minimum Gasteiger partial charge on any atom is -0.399 e. The van der Waals surface area contributed by atoms with Crippen LogP contribution in [0.2, 0.25) is 0 Å². The van der Waals surface area contributed by atoms with Crippen LogP contribution in [0.4, 0.5) is 5.69 Å². The fraction of sp³-hybridized carbons (Fsp3) is 0.231. The Morgan fingerprint density at radius 3 is 3.00 bits per heavy atom. The predicted molar refractivity (Wildman–Crippen MR) is 74.5 cm³/mol. The molecule has 0 saturated carbocycles. The molecule has 0 fully saturated rings. The number of hydrogen-bond donors (Lipinski definition) is 1. The van der Waals surface area contributed by atoms with E-state index in [2.05, 4.69) is 28.0 Å². The lowest BCUT2D eigenvalue weighted by molar-refractivity contribution is 0.103. The van der Waals surface area contributed by atoms with E-state index in [4.69, 9.17) is 5.73 Å². The number of rotatable bonds is 4. The monoisotopic (exact) mass is 307 g/mol. The SMILES string of the molecule is CCCn1cc(C(=O)c2cc(N)ccc2Br)cn1. The van der Waals surface area contributed by atoms with Crippen molar-refractivity contribution in [3.8, 4) is 0 Å². The number of anilines is 1. The smallest absolute Gasteiger partial charge is 0.197 e. The molecule has 0 radical (unpaired) electrons. The van der Waals surface area contributed by atoms with Crippen molar-refractivity contribution < 1.29 is 4.79 Å². The molecule has 0 aliphatic rings. The van der Waals surface area contributed by atoms with Gasteiger partial charge in [-0.15, -0.1) is 0 Å². The number of nitrogens with zero attached hydrogens (tertiary/aromatic N) is 2. The van der Waals surface area contributed by atoms with Gasteiger partial charge in [0.1, 0.15) is 0 Å². The van der Waals surface area contributed by atoms with Gasteiger partial charge in [-0.3, -0.25) is 9.48 Å². The molecule has 5 heteroatoms. The summed E-state index contributed by atoms with van der Waals surface area (Å²) in [6, 6.07) is 5.20. The van der Waals surface area contributed by atoms with Gasteiger partial charge in [-0.25, -0.2) is 0 Å². The van der Waals surface area contributed by atoms with Gasteiger partial charge in [0.05, 0.1) is 11.8 Å². The van der Waals surface area contributed by atoms with Gasteiger partial charge >= 0.3 is 0 Å². The number of hydrogen-bond acceptors (Lipinski definition) is 3. The molecule has 94 valence electrons. The summed E-state index contributed by atoms with van der Waals surface area (Å²) >= 11 is 3.36. The van der Waals surface area contributed by atoms with Crippen LogP contribution >= 0.6 is 15.9 Å². The van der Waals surface area contributed by atoms with Crippen LogP contribution in [-0.2, 0) is 6.54 Å². The minimum absolute atomic E-state index is 0.0727. The van der Waals surface area contributed by atoms with Crippen LogP contribution in [-0.4, -0.2) is 15.6 Å². The van der Waals surface area contributed by atoms with E-state index in [0.717, 1.165) is 17.4 Å². The second-order valence-electron chi connectivity index (χ2n) is 4.06. The molecule has 0 bridgehead atoms. The summed E-state index contributed by atoms with van der Waals surface area (Å²) in [5.41, 5.74) is 7.41. The molecule has 2 N–H and O–H groups in total. The zero-order valence-electron chi connectivity index (χ0n) is 10.1. The minimum atomic E-state index is -0.0727. The topological polar surface area (TPSA) is 60.9 Å². The van der Waals surface area contributed by atoms with Crippen molar-refractivity contribution >= 4 is 27.4 Å². The fourth-order valence-electron chi connectivity index (χ4n) is 1.70. The molecule has 0 saturated heterocycles. The van der Waals surface area contributed by atoms with E-state index < -0.39 is 0 Å². The van der Waals surface area contributed by atoms with Gasteiger partial charge in [0.2, 0.25) is 0 Å². The van der Waals surface area contributed by atoms with Gasteiger partial charge in [0.25, 0.3) is 0 Å². The normalized spacial score (nSPS) is 10.6. The molecule has 0 unspecified atom stereocenters. The summed E-state index contributed by atoms with van der Waals surface area (Å²) in [6.07, 6.45) is 4.34. The van der Waals surface area contributed by atoms with E-state index in [1.165, 1.54) is 0 Å². The standard InChI is InChI=1S/C13H14BrN3O/c1-2-5-17-8-9(7-16-17)13(18)11-6-10(15)3-4-12(11)14/h3-4,6-8H,2,5,15H2,1H3. The summed E-state index contributed by atoms with van der Waals surface area (Å²) in [5.74, 6) is -0.0727. The van der Waals surface area contributed by atoms with Gasteiger partial charge < -0.3 is 5.73 Å². The van der Waals surface area contributed by atoms with Crippen LogP contribution in [0.3, 0.4) is 0 Å². The second-order valence-corrected chi connectivity index (χ2v) is 4.91. The van der Waals surface area contributed by atoms with Crippen molar-refractivity contribution in [2.24, 2.45) is 0 Å². The Balaban J connectivity index is 2.32. The first kappa shape index (κ1) is 12.8. The molecule has 0 aliphatic heterocycles. The maximum absolute atomic E-state index is 12.3. The van der Waals surface area contributed by atoms with Gasteiger partial charge in [-0.1, -0.05) is 22.9 Å². The van der Waals surface area contributed by atoms with Crippen molar-refractivity contribution in [3.63, 3.8) is 0 Å². The Labute approximate surface area is 114 Å². The first-order valence-corrected chi connectivity index (χ1v) is 6.53. The molecule has 18 heavy (non-hydrogen) atoms. The molecule has 0 atom stereocenters. The highest BCUT2D eigenvalue weighted by atomic mass is 79.9. The van der Waals surface area contributed by atoms with Crippen molar-refractivity contribution in [1.29, 1.82) is 0 Å². The Morgan fingerprint density at radius 2 is 2.28 bits per heavy atom. The Morgan fingerprint density at radius 1 is 1.50 bits per heavy atom. The number of ketones is 1. The highest BCUT2D eigenvalue weighted by Gasteiger charge is 2.14. The van der Waals surface area contributed by atoms with E-state index in [0.29, 0.717) is 16.8 Å². The van der Waals surface area contributed by atoms with Crippen molar-refractivity contribution in [2.45, 2.75) is 19.9 Å². The number of aryl methyl sites for hydroxylation is 1. The zero-order valence-corrected chi connectivity index (χ0v) is 11.6. The maximum Gasteiger partial charge on any atom is 0.197 e. The third-order valence-electron chi connectivity index (χ3n) is 2.58. The summed E-state index contributed by atoms with van der Waals surface area (Å²) in [6.45, 7) is 2.88. The molecule has 4 nitrogen and oxygen atoms in total. The number of aromatic nitrogens is 2. The van der Waals surface area contributed by atoms with E-state index in [1.807, 2.05) is 0 Å². The van der Waals surface area contributed by atoms with Crippen LogP contribution in [0.15, 0.2) is 35.1 Å². The summed E-state index contributed by atoms with van der Waals surface area (Å²) in [5, 5.41) is 4.15. The molecule has 2 aromatic rings. The van der Waals surface area contributed by atoms with Gasteiger partial charge in [0.15, 0.2) is 5.78 Å². The molecule has 1 aromatic heterocycles. The van der Waals surface area contributed by atoms with Crippen molar-refractivity contribution in [3.05, 3.63) is 46.2 Å². The predicted octanol–water partition coefficient (Wildman–Crippen LogP) is 2.87. The second kappa shape index (κ2) is 5.35. The number of nitrogen functional groups attached to an aromatic ring is 1. The van der Waals surface area contributed by atoms with E-state index in [9.17, 15) is 4.79 Å². The lowest BCUT2D eigenvalue weighted by Gasteiger charge is -2.03. The third kappa shape index (κ3) is 2.61. The number of benzene rings is 1. The molecular formula is C13H14BrN3O. The quantitative estimate of drug-likeness (QED) is 0.698. The van der Waals surface area contributed by atoms with E-state index in [1.54, 1.807) is 35.3 Å². The van der Waals surface area contributed by atoms with Crippen LogP contribution in [0.1, 0.15) is 29.3 Å². The van der Waals surface area contributed by atoms with Crippen molar-refractivity contribution in [2.75, 3.05) is 5.73 Å². The number of carbonyl (C=O) groups excluding carboxylic acids is 1. The van der Waals surface area contributed by atoms with Gasteiger partial charge in [0, 0.05) is 28.5 Å². The summed E-state index contributed by atoms with van der Waals surface area (Å²) in [7, 11) is 0. The van der Waals surface area contributed by atoms with Crippen LogP contribution in [0, 0.1) is 0 Å². The molecule has 2 rings (SSSR count). The average molecular weight is 308 g/mol. The largest absolute Gasteiger partial charge is 0.399 e. The zero-order chi connectivity index (χ0) is 13.1. The maximum atomic E-state index is 12.3. The lowest BCUT2D eigenvalue weighted by atomic mass is 10.1. The van der Waals surface area contributed by atoms with E-state index >= 15 is 0 Å². The molecule has 0 amide bonds. The van der Waals surface area contributed by atoms with Crippen molar-refractivity contribution in [1.82, 2.24) is 9.78 Å². The first-order chi connectivity index (χ1) is 8.61. The number of carbonyl (C=O) groups is 1. The Hall–Kier alpha value is -1.62. The summed E-state index contributed by atoms with van der Waals surface area (Å²) < 4.78 is 2.51. The van der Waals surface area contributed by atoms with Crippen LogP contribution in [0.5, 0.6) is 0 Å². The molecule has 0 spiro atoms. The highest BCUT2D eigenvalue weighted by molar-refractivity contribution is 9.10. The lowest BCUT2D eigenvalue weighted by Crippen LogP contribution is -2.03. The third-order valence-corrected chi connectivity index (χ3v) is 3.27. The van der Waals surface area contributed by atoms with Gasteiger partial charge in [-0.2, -0.15) is 5.10 Å². The Bertz CT molecular complexity index is 577. The van der Waals surface area contributed by atoms with Crippen LogP contribution < -0.4 is 5.73 Å². The highest BCUT2D eigenvalue weighted by Crippen LogP contribution is 2.22.